The molecule has 5 heteroatoms. The van der Waals surface area contributed by atoms with Crippen LogP contribution in [0.5, 0.6) is 5.75 Å². The Morgan fingerprint density at radius 3 is 2.30 bits per heavy atom. The number of nitrogens with zero attached hydrogens (tertiary/aromatic N) is 1. The summed E-state index contributed by atoms with van der Waals surface area (Å²) in [6.45, 7) is 0. The molecule has 0 radical (unpaired) electrons. The highest BCUT2D eigenvalue weighted by molar-refractivity contribution is 5.86. The quantitative estimate of drug-likeness (QED) is 0.373. The van der Waals surface area contributed by atoms with Crippen molar-refractivity contribution in [2.45, 2.75) is 18.1 Å². The van der Waals surface area contributed by atoms with E-state index >= 15 is 8.78 Å². The van der Waals surface area contributed by atoms with E-state index in [1.165, 1.54) is 0 Å². The lowest BCUT2D eigenvalue weighted by Crippen LogP contribution is -2.53. The number of alkyl halides is 2. The van der Waals surface area contributed by atoms with Crippen LogP contribution in [0.3, 0.4) is 0 Å². The highest BCUT2D eigenvalue weighted by Crippen LogP contribution is 2.62. The molecule has 0 aliphatic carbocycles. The molecular formula is C25H17F2NO2. The highest BCUT2D eigenvalue weighted by Gasteiger charge is 2.73. The number of hydrogen-bond donors (Lipinski definition) is 0. The van der Waals surface area contributed by atoms with Crippen molar-refractivity contribution in [3.63, 3.8) is 0 Å². The molecule has 0 amide bonds. The number of rotatable bonds is 2. The van der Waals surface area contributed by atoms with Crippen LogP contribution in [-0.4, -0.2) is 6.05 Å². The van der Waals surface area contributed by atoms with Gasteiger partial charge in [-0.15, -0.1) is 0 Å². The van der Waals surface area contributed by atoms with E-state index in [2.05, 4.69) is 0 Å². The Bertz CT molecular complexity index is 1250. The third-order valence-corrected chi connectivity index (χ3v) is 5.83. The molecule has 148 valence electrons. The van der Waals surface area contributed by atoms with Gasteiger partial charge in [-0.1, -0.05) is 78.9 Å². The van der Waals surface area contributed by atoms with Gasteiger partial charge in [-0.05, 0) is 29.0 Å². The van der Waals surface area contributed by atoms with Crippen LogP contribution in [0.15, 0.2) is 97.1 Å². The van der Waals surface area contributed by atoms with Crippen molar-refractivity contribution < 1.29 is 18.3 Å². The molecule has 1 saturated heterocycles. The fraction of sp³-hybridized carbons (Fsp3) is 0.120. The second-order valence-electron chi connectivity index (χ2n) is 7.50. The predicted molar refractivity (Wildman–Crippen MR) is 110 cm³/mol. The lowest BCUT2D eigenvalue weighted by atomic mass is 9.95. The molecule has 4 aromatic rings. The van der Waals surface area contributed by atoms with Gasteiger partial charge in [-0.25, -0.2) is 0 Å². The van der Waals surface area contributed by atoms with Crippen LogP contribution in [-0.2, 0) is 10.5 Å². The first-order valence-electron chi connectivity index (χ1n) is 9.78. The van der Waals surface area contributed by atoms with Crippen LogP contribution < -0.4 is 9.64 Å². The van der Waals surface area contributed by atoms with Gasteiger partial charge >= 0.3 is 11.8 Å². The molecule has 2 aliphatic heterocycles. The maximum atomic E-state index is 16.4. The zero-order valence-corrected chi connectivity index (χ0v) is 15.8. The molecule has 2 unspecified atom stereocenters. The molecule has 2 aliphatic rings. The Hall–Kier alpha value is -3.44. The smallest absolute Gasteiger partial charge is 0.397 e. The van der Waals surface area contributed by atoms with E-state index in [0.717, 1.165) is 10.3 Å². The molecule has 6 rings (SSSR count). The molecule has 2 bridgehead atoms. The number of fused-ring (bicyclic) bond motifs is 5. The maximum absolute atomic E-state index is 16.4. The summed E-state index contributed by atoms with van der Waals surface area (Å²) >= 11 is 0. The van der Waals surface area contributed by atoms with Crippen molar-refractivity contribution in [3.8, 4) is 5.75 Å². The third-order valence-electron chi connectivity index (χ3n) is 5.83. The molecule has 0 aromatic heterocycles. The van der Waals surface area contributed by atoms with E-state index in [0.29, 0.717) is 28.0 Å². The maximum Gasteiger partial charge on any atom is 0.397 e. The normalized spacial score (nSPS) is 23.8. The monoisotopic (exact) mass is 401 g/mol. The summed E-state index contributed by atoms with van der Waals surface area (Å²) in [7, 11) is 0. The standard InChI is InChI=1S/C25H17F2NO2/c26-25(27)24(21-15-8-10-17-9-4-5-13-19(17)21)29-22-16-7-6-14-20(22)23(30-24)28(25)18-11-2-1-3-12-18/h1-16,23H. The molecule has 0 saturated carbocycles. The van der Waals surface area contributed by atoms with Gasteiger partial charge in [0.05, 0.1) is 0 Å². The van der Waals surface area contributed by atoms with Gasteiger partial charge in [0, 0.05) is 16.8 Å². The zero-order chi connectivity index (χ0) is 20.3. The van der Waals surface area contributed by atoms with Gasteiger partial charge < -0.3 is 9.47 Å². The summed E-state index contributed by atoms with van der Waals surface area (Å²) in [6.07, 6.45) is -0.980. The lowest BCUT2D eigenvalue weighted by Gasteiger charge is -2.36. The first-order valence-corrected chi connectivity index (χ1v) is 9.78. The van der Waals surface area contributed by atoms with Crippen molar-refractivity contribution in [1.29, 1.82) is 0 Å². The van der Waals surface area contributed by atoms with Gasteiger partial charge in [0.25, 0.3) is 0 Å². The van der Waals surface area contributed by atoms with E-state index in [-0.39, 0.29) is 0 Å². The van der Waals surface area contributed by atoms with Gasteiger partial charge in [-0.3, -0.25) is 4.90 Å². The molecule has 3 nitrogen and oxygen atoms in total. The number of hydrogen-bond acceptors (Lipinski definition) is 3. The highest BCUT2D eigenvalue weighted by atomic mass is 19.3. The zero-order valence-electron chi connectivity index (χ0n) is 15.8. The first-order chi connectivity index (χ1) is 14.6. The second kappa shape index (κ2) is 6.03. The Labute approximate surface area is 172 Å². The molecule has 2 heterocycles. The van der Waals surface area contributed by atoms with Crippen molar-refractivity contribution in [1.82, 2.24) is 0 Å². The summed E-state index contributed by atoms with van der Waals surface area (Å²) in [4.78, 5) is 1.03. The molecule has 0 spiro atoms. The van der Waals surface area contributed by atoms with Crippen LogP contribution >= 0.6 is 0 Å². The van der Waals surface area contributed by atoms with Crippen LogP contribution in [0.2, 0.25) is 0 Å². The molecule has 2 atom stereocenters. The Morgan fingerprint density at radius 1 is 0.733 bits per heavy atom. The minimum absolute atomic E-state index is 0.309. The number of benzene rings is 4. The molecule has 4 aromatic carbocycles. The van der Waals surface area contributed by atoms with Gasteiger partial charge in [0.15, 0.2) is 6.23 Å². The second-order valence-corrected chi connectivity index (χ2v) is 7.50. The summed E-state index contributed by atoms with van der Waals surface area (Å²) in [5.74, 6) is -1.87. The van der Waals surface area contributed by atoms with Crippen molar-refractivity contribution in [2.75, 3.05) is 4.90 Å². The van der Waals surface area contributed by atoms with E-state index in [1.54, 1.807) is 66.7 Å². The summed E-state index contributed by atoms with van der Waals surface area (Å²) < 4.78 is 44.9. The Kier molecular flexibility index (Phi) is 3.50. The van der Waals surface area contributed by atoms with Crippen molar-refractivity contribution >= 4 is 16.5 Å². The van der Waals surface area contributed by atoms with Crippen LogP contribution in [0.1, 0.15) is 17.4 Å². The Morgan fingerprint density at radius 2 is 1.43 bits per heavy atom. The van der Waals surface area contributed by atoms with Gasteiger partial charge in [-0.2, -0.15) is 8.78 Å². The van der Waals surface area contributed by atoms with E-state index in [1.807, 2.05) is 30.3 Å². The summed E-state index contributed by atoms with van der Waals surface area (Å²) in [5.41, 5.74) is 1.26. The van der Waals surface area contributed by atoms with Crippen LogP contribution in [0.25, 0.3) is 10.8 Å². The minimum atomic E-state index is -3.47. The average Bonchev–Trinajstić information content (AvgIpc) is 2.97. The fourth-order valence-electron chi connectivity index (χ4n) is 4.49. The molecular weight excluding hydrogens is 384 g/mol. The Balaban J connectivity index is 1.66. The number of halogens is 2. The minimum Gasteiger partial charge on any atom is -0.450 e. The SMILES string of the molecule is FC1(F)N(c2ccccc2)C2OC1(c1cccc3ccccc13)Oc1ccccc12. The average molecular weight is 401 g/mol. The number of para-hydroxylation sites is 2. The molecule has 1 fully saturated rings. The first kappa shape index (κ1) is 17.4. The number of anilines is 1. The van der Waals surface area contributed by atoms with E-state index in [9.17, 15) is 0 Å². The third kappa shape index (κ3) is 2.15. The largest absolute Gasteiger partial charge is 0.450 e. The van der Waals surface area contributed by atoms with Gasteiger partial charge in [0.2, 0.25) is 0 Å². The van der Waals surface area contributed by atoms with Crippen LogP contribution in [0, 0.1) is 0 Å². The topological polar surface area (TPSA) is 21.7 Å². The van der Waals surface area contributed by atoms with E-state index in [4.69, 9.17) is 9.47 Å². The molecule has 0 N–H and O–H groups in total. The van der Waals surface area contributed by atoms with Crippen molar-refractivity contribution in [3.05, 3.63) is 108 Å². The summed E-state index contributed by atoms with van der Waals surface area (Å²) in [5, 5.41) is 1.52. The van der Waals surface area contributed by atoms with Crippen LogP contribution in [0.4, 0.5) is 14.5 Å². The number of ether oxygens (including phenoxy) is 2. The van der Waals surface area contributed by atoms with E-state index < -0.39 is 18.1 Å². The van der Waals surface area contributed by atoms with Crippen molar-refractivity contribution in [2.24, 2.45) is 0 Å². The summed E-state index contributed by atoms with van der Waals surface area (Å²) in [6, 6.07) is 25.0. The fourth-order valence-corrected chi connectivity index (χ4v) is 4.49. The van der Waals surface area contributed by atoms with Gasteiger partial charge in [0.1, 0.15) is 5.75 Å². The lowest BCUT2D eigenvalue weighted by molar-refractivity contribution is -0.279. The molecule has 30 heavy (non-hydrogen) atoms. The predicted octanol–water partition coefficient (Wildman–Crippen LogP) is 6.21.